The maximum absolute atomic E-state index is 12.7. The zero-order chi connectivity index (χ0) is 18.4. The number of rotatable bonds is 7. The predicted octanol–water partition coefficient (Wildman–Crippen LogP) is 3.21. The summed E-state index contributed by atoms with van der Waals surface area (Å²) in [5.41, 5.74) is 7.27. The van der Waals surface area contributed by atoms with Gasteiger partial charge in [0.15, 0.2) is 5.16 Å². The Morgan fingerprint density at radius 3 is 2.73 bits per heavy atom. The Morgan fingerprint density at radius 2 is 2.00 bits per heavy atom. The Labute approximate surface area is 158 Å². The largest absolute Gasteiger partial charge is 0.368 e. The van der Waals surface area contributed by atoms with Gasteiger partial charge in [-0.3, -0.25) is 9.36 Å². The van der Waals surface area contributed by atoms with Gasteiger partial charge in [-0.2, -0.15) is 0 Å². The first-order valence-electron chi connectivity index (χ1n) is 9.32. The highest BCUT2D eigenvalue weighted by Crippen LogP contribution is 2.25. The van der Waals surface area contributed by atoms with Crippen molar-refractivity contribution in [2.75, 3.05) is 11.5 Å². The molecule has 3 N–H and O–H groups in total. The Kier molecular flexibility index (Phi) is 6.55. The van der Waals surface area contributed by atoms with Crippen LogP contribution in [-0.2, 0) is 11.2 Å². The van der Waals surface area contributed by atoms with E-state index in [0.717, 1.165) is 25.0 Å². The van der Waals surface area contributed by atoms with E-state index >= 15 is 0 Å². The highest BCUT2D eigenvalue weighted by molar-refractivity contribution is 7.99. The molecule has 1 aliphatic carbocycles. The van der Waals surface area contributed by atoms with Crippen molar-refractivity contribution in [3.63, 3.8) is 0 Å². The molecule has 0 spiro atoms. The lowest BCUT2D eigenvalue weighted by molar-refractivity contribution is -0.124. The molecule has 1 unspecified atom stereocenters. The molecule has 1 aromatic heterocycles. The van der Waals surface area contributed by atoms with Crippen molar-refractivity contribution in [3.8, 4) is 0 Å². The average Bonchev–Trinajstić information content (AvgIpc) is 3.03. The molecule has 2 aromatic rings. The van der Waals surface area contributed by atoms with Gasteiger partial charge < -0.3 is 11.1 Å². The molecule has 6 nitrogen and oxygen atoms in total. The third-order valence-corrected chi connectivity index (χ3v) is 5.82. The van der Waals surface area contributed by atoms with Crippen LogP contribution in [0.4, 0.5) is 5.95 Å². The van der Waals surface area contributed by atoms with Crippen LogP contribution in [-0.4, -0.2) is 32.5 Å². The summed E-state index contributed by atoms with van der Waals surface area (Å²) in [5.74, 6) is 1.14. The summed E-state index contributed by atoms with van der Waals surface area (Å²) in [6.07, 6.45) is 6.70. The molecule has 3 rings (SSSR count). The molecule has 1 aliphatic rings. The van der Waals surface area contributed by atoms with Gasteiger partial charge in [0.1, 0.15) is 6.04 Å². The Balaban J connectivity index is 1.59. The summed E-state index contributed by atoms with van der Waals surface area (Å²) >= 11 is 1.58. The molecule has 1 atom stereocenters. The van der Waals surface area contributed by atoms with Crippen molar-refractivity contribution in [2.45, 2.75) is 62.7 Å². The molecule has 0 saturated heterocycles. The molecule has 140 valence electrons. The summed E-state index contributed by atoms with van der Waals surface area (Å²) in [7, 11) is 0. The highest BCUT2D eigenvalue weighted by Gasteiger charge is 2.24. The van der Waals surface area contributed by atoms with Gasteiger partial charge in [0.25, 0.3) is 0 Å². The van der Waals surface area contributed by atoms with Crippen LogP contribution in [0, 0.1) is 0 Å². The fraction of sp³-hybridized carbons (Fsp3) is 0.526. The van der Waals surface area contributed by atoms with Crippen LogP contribution in [0.1, 0.15) is 50.6 Å². The van der Waals surface area contributed by atoms with Gasteiger partial charge in [0.05, 0.1) is 0 Å². The van der Waals surface area contributed by atoms with Crippen LogP contribution >= 0.6 is 11.8 Å². The summed E-state index contributed by atoms with van der Waals surface area (Å²) in [6, 6.07) is 10.2. The molecule has 0 bridgehead atoms. The number of carbonyl (C=O) groups is 1. The first-order valence-corrected chi connectivity index (χ1v) is 10.3. The number of aryl methyl sites for hydroxylation is 1. The molecule has 1 saturated carbocycles. The number of nitrogens with one attached hydrogen (secondary N) is 1. The molecular formula is C19H27N5OS. The predicted molar refractivity (Wildman–Crippen MR) is 105 cm³/mol. The molecule has 26 heavy (non-hydrogen) atoms. The maximum Gasteiger partial charge on any atom is 0.243 e. The number of amides is 1. The van der Waals surface area contributed by atoms with Gasteiger partial charge in [0.2, 0.25) is 11.9 Å². The van der Waals surface area contributed by atoms with Gasteiger partial charge in [-0.1, -0.05) is 61.4 Å². The number of nitrogens with zero attached hydrogens (tertiary/aromatic N) is 3. The van der Waals surface area contributed by atoms with Crippen molar-refractivity contribution in [1.82, 2.24) is 20.1 Å². The van der Waals surface area contributed by atoms with Crippen LogP contribution in [0.15, 0.2) is 35.5 Å². The van der Waals surface area contributed by atoms with Crippen LogP contribution in [0.3, 0.4) is 0 Å². The minimum Gasteiger partial charge on any atom is -0.368 e. The Hall–Kier alpha value is -2.02. The van der Waals surface area contributed by atoms with Gasteiger partial charge in [-0.05, 0) is 31.7 Å². The van der Waals surface area contributed by atoms with Crippen LogP contribution in [0.2, 0.25) is 0 Å². The Bertz CT molecular complexity index is 712. The van der Waals surface area contributed by atoms with E-state index in [1.165, 1.54) is 24.8 Å². The normalized spacial score (nSPS) is 16.3. The van der Waals surface area contributed by atoms with Crippen LogP contribution in [0.25, 0.3) is 0 Å². The highest BCUT2D eigenvalue weighted by atomic mass is 32.2. The van der Waals surface area contributed by atoms with Crippen molar-refractivity contribution in [2.24, 2.45) is 0 Å². The van der Waals surface area contributed by atoms with Crippen molar-refractivity contribution in [3.05, 3.63) is 35.9 Å². The van der Waals surface area contributed by atoms with Gasteiger partial charge in [-0.25, -0.2) is 0 Å². The van der Waals surface area contributed by atoms with Crippen molar-refractivity contribution >= 4 is 23.6 Å². The smallest absolute Gasteiger partial charge is 0.243 e. The number of aromatic nitrogens is 3. The molecule has 1 fully saturated rings. The van der Waals surface area contributed by atoms with E-state index in [4.69, 9.17) is 5.73 Å². The van der Waals surface area contributed by atoms with Crippen molar-refractivity contribution < 1.29 is 4.79 Å². The average molecular weight is 374 g/mol. The Morgan fingerprint density at radius 1 is 1.27 bits per heavy atom. The number of carbonyl (C=O) groups excluding carboxylic acids is 1. The summed E-state index contributed by atoms with van der Waals surface area (Å²) in [4.78, 5) is 12.7. The second-order valence-electron chi connectivity index (χ2n) is 6.81. The molecule has 7 heteroatoms. The lowest BCUT2D eigenvalue weighted by Crippen LogP contribution is -2.40. The van der Waals surface area contributed by atoms with Crippen LogP contribution < -0.4 is 11.1 Å². The van der Waals surface area contributed by atoms with E-state index in [1.54, 1.807) is 16.3 Å². The second-order valence-corrected chi connectivity index (χ2v) is 7.88. The molecule has 1 amide bonds. The number of benzene rings is 1. The van der Waals surface area contributed by atoms with Crippen molar-refractivity contribution in [1.29, 1.82) is 0 Å². The number of hydrogen-bond donors (Lipinski definition) is 2. The topological polar surface area (TPSA) is 85.8 Å². The third-order valence-electron chi connectivity index (χ3n) is 4.87. The zero-order valence-electron chi connectivity index (χ0n) is 15.2. The number of nitrogen functional groups attached to an aromatic ring is 1. The van der Waals surface area contributed by atoms with E-state index in [1.807, 2.05) is 25.1 Å². The van der Waals surface area contributed by atoms with Gasteiger partial charge in [0, 0.05) is 11.8 Å². The first-order chi connectivity index (χ1) is 12.6. The maximum atomic E-state index is 12.7. The zero-order valence-corrected chi connectivity index (χ0v) is 16.0. The number of nitrogens with two attached hydrogens (primary N) is 1. The summed E-state index contributed by atoms with van der Waals surface area (Å²) in [5, 5.41) is 12.0. The molecule has 0 aliphatic heterocycles. The molecule has 1 heterocycles. The first kappa shape index (κ1) is 18.8. The molecular weight excluding hydrogens is 346 g/mol. The number of thioether (sulfide) groups is 1. The SMILES string of the molecule is CC(C(=O)NC1CCCCC1)n1c(N)nnc1SCCc1ccccc1. The summed E-state index contributed by atoms with van der Waals surface area (Å²) in [6.45, 7) is 1.86. The van der Waals surface area contributed by atoms with Gasteiger partial charge in [-0.15, -0.1) is 10.2 Å². The monoisotopic (exact) mass is 373 g/mol. The van der Waals surface area contributed by atoms with E-state index in [9.17, 15) is 4.79 Å². The van der Waals surface area contributed by atoms with E-state index in [2.05, 4.69) is 27.6 Å². The third kappa shape index (κ3) is 4.78. The molecule has 0 radical (unpaired) electrons. The fourth-order valence-corrected chi connectivity index (χ4v) is 4.35. The second kappa shape index (κ2) is 9.07. The van der Waals surface area contributed by atoms with E-state index in [-0.39, 0.29) is 11.9 Å². The minimum absolute atomic E-state index is 0.00620. The lowest BCUT2D eigenvalue weighted by Gasteiger charge is -2.25. The van der Waals surface area contributed by atoms with Gasteiger partial charge >= 0.3 is 0 Å². The molecule has 1 aromatic carbocycles. The quantitative estimate of drug-likeness (QED) is 0.728. The fourth-order valence-electron chi connectivity index (χ4n) is 3.34. The van der Waals surface area contributed by atoms with E-state index in [0.29, 0.717) is 11.1 Å². The van der Waals surface area contributed by atoms with E-state index < -0.39 is 6.04 Å². The number of anilines is 1. The minimum atomic E-state index is -0.411. The standard InChI is InChI=1S/C19H27N5OS/c1-14(17(25)21-16-10-6-3-7-11-16)24-18(20)22-23-19(24)26-13-12-15-8-4-2-5-9-15/h2,4-5,8-9,14,16H,3,6-7,10-13H2,1H3,(H2,20,22)(H,21,25). The summed E-state index contributed by atoms with van der Waals surface area (Å²) < 4.78 is 1.74. The lowest BCUT2D eigenvalue weighted by atomic mass is 9.95. The number of hydrogen-bond acceptors (Lipinski definition) is 5. The van der Waals surface area contributed by atoms with Crippen LogP contribution in [0.5, 0.6) is 0 Å².